The molecule has 16 nitrogen and oxygen atoms in total. The standard InChI is InChI=1S/C45H51ClF2N4O12/c1-27-21-29(8-15-38(27)59-2)26-50(32-11-12-32)44(55)40-34(30-9-6-28(7-10-30)5-4-16-62-42-36(48)14-13-35(47)41(42)46)24-33-22-31(43(54)49-25-39(53)60-3)23-37(40)51(33)45(56)63-19-17-61-18-20-64-52(57)58/h6-10,13-15,21,31-33,37H,4-5,11-12,16-20,22-26H2,1-3H3,(H,49,54). The number of fused-ring (bicyclic) bond motifs is 2. The van der Waals surface area contributed by atoms with Crippen molar-refractivity contribution in [2.45, 2.75) is 76.5 Å². The van der Waals surface area contributed by atoms with Gasteiger partial charge in [-0.3, -0.25) is 19.3 Å². The second kappa shape index (κ2) is 22.1. The van der Waals surface area contributed by atoms with Crippen LogP contribution >= 0.6 is 11.6 Å². The number of esters is 1. The molecule has 3 atom stereocenters. The van der Waals surface area contributed by atoms with Gasteiger partial charge in [-0.05, 0) is 97.9 Å². The first-order valence-electron chi connectivity index (χ1n) is 21.0. The molecule has 0 spiro atoms. The van der Waals surface area contributed by atoms with Gasteiger partial charge >= 0.3 is 12.1 Å². The van der Waals surface area contributed by atoms with Crippen molar-refractivity contribution < 1.29 is 61.6 Å². The Bertz CT molecular complexity index is 2220. The number of carbonyl (C=O) groups excluding carboxylic acids is 4. The molecule has 1 aliphatic carbocycles. The molecule has 19 heteroatoms. The van der Waals surface area contributed by atoms with Crippen LogP contribution in [0.3, 0.4) is 0 Å². The number of piperidine rings is 1. The van der Waals surface area contributed by atoms with Crippen molar-refractivity contribution >= 4 is 41.1 Å². The molecule has 3 amide bonds. The Morgan fingerprint density at radius 1 is 0.938 bits per heavy atom. The Kier molecular flexibility index (Phi) is 16.4. The summed E-state index contributed by atoms with van der Waals surface area (Å²) in [6, 6.07) is 13.7. The number of ether oxygens (including phenoxy) is 5. The molecule has 64 heavy (non-hydrogen) atoms. The van der Waals surface area contributed by atoms with Crippen LogP contribution in [0.2, 0.25) is 5.02 Å². The molecule has 344 valence electrons. The van der Waals surface area contributed by atoms with Gasteiger partial charge < -0.3 is 38.7 Å². The minimum Gasteiger partial charge on any atom is -0.496 e. The lowest BCUT2D eigenvalue weighted by atomic mass is 9.73. The summed E-state index contributed by atoms with van der Waals surface area (Å²) >= 11 is 5.92. The van der Waals surface area contributed by atoms with Gasteiger partial charge in [-0.2, -0.15) is 0 Å². The van der Waals surface area contributed by atoms with Crippen LogP contribution in [-0.4, -0.2) is 111 Å². The van der Waals surface area contributed by atoms with Crippen LogP contribution in [0.15, 0.2) is 60.2 Å². The number of halogens is 3. The second-order valence-electron chi connectivity index (χ2n) is 15.7. The number of methoxy groups -OCH3 is 2. The molecule has 2 aliphatic heterocycles. The van der Waals surface area contributed by atoms with E-state index in [4.69, 9.17) is 35.3 Å². The number of hydrogen-bond donors (Lipinski definition) is 1. The van der Waals surface area contributed by atoms with E-state index < -0.39 is 57.7 Å². The third-order valence-electron chi connectivity index (χ3n) is 11.4. The molecular formula is C45H51ClF2N4O12. The van der Waals surface area contributed by atoms with Crippen molar-refractivity contribution in [3.05, 3.63) is 109 Å². The fourth-order valence-corrected chi connectivity index (χ4v) is 8.42. The maximum atomic E-state index is 15.4. The number of nitrogens with zero attached hydrogens (tertiary/aromatic N) is 3. The van der Waals surface area contributed by atoms with Gasteiger partial charge in [-0.25, -0.2) is 13.6 Å². The summed E-state index contributed by atoms with van der Waals surface area (Å²) in [5.41, 5.74) is 4.50. The zero-order valence-electron chi connectivity index (χ0n) is 35.8. The number of nitrogens with one attached hydrogen (secondary N) is 1. The lowest BCUT2D eigenvalue weighted by Crippen LogP contribution is -2.59. The molecule has 0 aromatic heterocycles. The van der Waals surface area contributed by atoms with Gasteiger partial charge in [0.15, 0.2) is 11.6 Å². The van der Waals surface area contributed by atoms with E-state index in [1.807, 2.05) is 54.3 Å². The van der Waals surface area contributed by atoms with Gasteiger partial charge in [0.25, 0.3) is 11.0 Å². The van der Waals surface area contributed by atoms with Crippen molar-refractivity contribution in [3.8, 4) is 11.5 Å². The molecule has 6 rings (SSSR count). The summed E-state index contributed by atoms with van der Waals surface area (Å²) in [7, 11) is 2.80. The van der Waals surface area contributed by atoms with Gasteiger partial charge in [0.2, 0.25) is 5.91 Å². The molecule has 3 aliphatic rings. The molecule has 3 aromatic rings. The third-order valence-corrected chi connectivity index (χ3v) is 11.8. The smallest absolute Gasteiger partial charge is 0.410 e. The Hall–Kier alpha value is -6.01. The fraction of sp³-hybridized carbons (Fsp3) is 0.467. The monoisotopic (exact) mass is 912 g/mol. The van der Waals surface area contributed by atoms with Gasteiger partial charge in [0.1, 0.15) is 36.3 Å². The van der Waals surface area contributed by atoms with E-state index in [9.17, 15) is 33.3 Å². The van der Waals surface area contributed by atoms with Crippen LogP contribution in [0.4, 0.5) is 13.6 Å². The average Bonchev–Trinajstić information content (AvgIpc) is 4.13. The minimum absolute atomic E-state index is 0.0477. The normalized spacial score (nSPS) is 17.9. The van der Waals surface area contributed by atoms with Gasteiger partial charge in [-0.1, -0.05) is 48.0 Å². The zero-order valence-corrected chi connectivity index (χ0v) is 36.5. The number of aryl methyl sites for hydroxylation is 2. The Labute approximate surface area is 373 Å². The molecule has 2 bridgehead atoms. The molecule has 1 saturated carbocycles. The zero-order chi connectivity index (χ0) is 45.9. The van der Waals surface area contributed by atoms with Crippen LogP contribution in [0.1, 0.15) is 60.8 Å². The second-order valence-corrected chi connectivity index (χ2v) is 16.1. The highest BCUT2D eigenvalue weighted by Crippen LogP contribution is 2.46. The first-order chi connectivity index (χ1) is 30.8. The number of rotatable bonds is 21. The number of hydrogen-bond acceptors (Lipinski definition) is 12. The van der Waals surface area contributed by atoms with E-state index in [1.165, 1.54) is 12.0 Å². The molecule has 2 heterocycles. The molecule has 1 N–H and O–H groups in total. The Morgan fingerprint density at radius 2 is 1.66 bits per heavy atom. The fourth-order valence-electron chi connectivity index (χ4n) is 8.21. The highest BCUT2D eigenvalue weighted by molar-refractivity contribution is 6.32. The van der Waals surface area contributed by atoms with Crippen LogP contribution < -0.4 is 14.8 Å². The summed E-state index contributed by atoms with van der Waals surface area (Å²) in [4.78, 5) is 73.2. The largest absolute Gasteiger partial charge is 0.496 e. The van der Waals surface area contributed by atoms with Crippen LogP contribution in [0.25, 0.3) is 5.57 Å². The van der Waals surface area contributed by atoms with E-state index in [2.05, 4.69) is 10.2 Å². The topological polar surface area (TPSA) is 185 Å². The van der Waals surface area contributed by atoms with Crippen molar-refractivity contribution in [2.75, 3.05) is 53.8 Å². The predicted molar refractivity (Wildman–Crippen MR) is 227 cm³/mol. The van der Waals surface area contributed by atoms with Crippen molar-refractivity contribution in [1.29, 1.82) is 0 Å². The maximum Gasteiger partial charge on any atom is 0.410 e. The highest BCUT2D eigenvalue weighted by atomic mass is 35.5. The third kappa shape index (κ3) is 12.0. The SMILES string of the molecule is COC(=O)CNC(=O)C1CC2CC(c3ccc(CCCOc4c(F)ccc(F)c4Cl)cc3)=C(C(=O)N(Cc3ccc(OC)c(C)c3)C3CC3)C(C1)N2C(=O)OCCOCCO[N+](=O)[O-]. The number of carbonyl (C=O) groups is 4. The summed E-state index contributed by atoms with van der Waals surface area (Å²) in [6.07, 6.45) is 2.26. The van der Waals surface area contributed by atoms with Gasteiger partial charge in [-0.15, -0.1) is 10.1 Å². The first-order valence-corrected chi connectivity index (χ1v) is 21.3. The van der Waals surface area contributed by atoms with E-state index in [0.717, 1.165) is 47.2 Å². The quantitative estimate of drug-likeness (QED) is 0.0409. The molecule has 2 fully saturated rings. The van der Waals surface area contributed by atoms with Crippen LogP contribution in [0, 0.1) is 34.6 Å². The molecule has 3 unspecified atom stereocenters. The van der Waals surface area contributed by atoms with Gasteiger partial charge in [0, 0.05) is 30.1 Å². The minimum atomic E-state index is -0.936. The van der Waals surface area contributed by atoms with E-state index in [1.54, 1.807) is 7.11 Å². The Morgan fingerprint density at radius 3 is 2.34 bits per heavy atom. The number of benzene rings is 3. The first kappa shape index (κ1) is 47.5. The van der Waals surface area contributed by atoms with E-state index in [0.29, 0.717) is 29.7 Å². The Balaban J connectivity index is 1.31. The van der Waals surface area contributed by atoms with Crippen molar-refractivity contribution in [2.24, 2.45) is 5.92 Å². The van der Waals surface area contributed by atoms with Gasteiger partial charge in [0.05, 0.1) is 40.1 Å². The molecule has 1 saturated heterocycles. The van der Waals surface area contributed by atoms with Crippen molar-refractivity contribution in [1.82, 2.24) is 15.1 Å². The average molecular weight is 913 g/mol. The van der Waals surface area contributed by atoms with Crippen LogP contribution in [0.5, 0.6) is 11.5 Å². The van der Waals surface area contributed by atoms with E-state index >= 15 is 4.79 Å². The number of amides is 3. The van der Waals surface area contributed by atoms with E-state index in [-0.39, 0.29) is 83.1 Å². The summed E-state index contributed by atoms with van der Waals surface area (Å²) in [6.45, 7) is 1.24. The highest BCUT2D eigenvalue weighted by Gasteiger charge is 2.50. The maximum absolute atomic E-state index is 15.4. The molecule has 0 radical (unpaired) electrons. The molecule has 3 aromatic carbocycles. The summed E-state index contributed by atoms with van der Waals surface area (Å²) in [5.74, 6) is -3.21. The van der Waals surface area contributed by atoms with Crippen LogP contribution in [-0.2, 0) is 46.4 Å². The lowest BCUT2D eigenvalue weighted by Gasteiger charge is -2.49. The lowest BCUT2D eigenvalue weighted by molar-refractivity contribution is -0.758. The van der Waals surface area contributed by atoms with Crippen molar-refractivity contribution in [3.63, 3.8) is 0 Å². The summed E-state index contributed by atoms with van der Waals surface area (Å²) in [5, 5.41) is 11.8. The predicted octanol–water partition coefficient (Wildman–Crippen LogP) is 6.40. The summed E-state index contributed by atoms with van der Waals surface area (Å²) < 4.78 is 54.9. The molecular weight excluding hydrogens is 862 g/mol.